The van der Waals surface area contributed by atoms with Crippen LogP contribution in [0.4, 0.5) is 27.6 Å². The Morgan fingerprint density at radius 2 is 1.58 bits per heavy atom. The Bertz CT molecular complexity index is 1410. The Hall–Kier alpha value is -3.94. The van der Waals surface area contributed by atoms with Crippen molar-refractivity contribution in [1.82, 2.24) is 4.98 Å². The van der Waals surface area contributed by atoms with Crippen molar-refractivity contribution in [2.75, 3.05) is 5.32 Å². The van der Waals surface area contributed by atoms with Gasteiger partial charge < -0.3 is 25.3 Å². The molecule has 190 valence electrons. The van der Waals surface area contributed by atoms with Crippen molar-refractivity contribution in [1.29, 1.82) is 0 Å². The Labute approximate surface area is 219 Å². The summed E-state index contributed by atoms with van der Waals surface area (Å²) in [5.74, 6) is -9.06. The van der Waals surface area contributed by atoms with Gasteiger partial charge in [-0.15, -0.1) is 13.2 Å². The molecule has 0 saturated heterocycles. The predicted octanol–water partition coefficient (Wildman–Crippen LogP) is 3.55. The van der Waals surface area contributed by atoms with Crippen LogP contribution in [-0.4, -0.2) is 52.0 Å². The molecule has 1 aromatic heterocycles. The zero-order valence-corrected chi connectivity index (χ0v) is 19.4. The first-order chi connectivity index (χ1) is 17.6. The summed E-state index contributed by atoms with van der Waals surface area (Å²) in [7, 11) is 15.9. The van der Waals surface area contributed by atoms with Crippen LogP contribution in [0.25, 0.3) is 0 Å². The molecule has 3 rings (SSSR count). The second-order valence-electron chi connectivity index (χ2n) is 7.29. The number of nitrogens with one attached hydrogen (secondary N) is 1. The molecule has 0 aliphatic carbocycles. The molecule has 38 heavy (non-hydrogen) atoms. The number of nitrogens with zero attached hydrogens (tertiary/aromatic N) is 1. The topological polar surface area (TPSA) is 113 Å². The minimum atomic E-state index is -5.29. The summed E-state index contributed by atoms with van der Waals surface area (Å²) in [6.07, 6.45) is -4.16. The van der Waals surface area contributed by atoms with Crippen LogP contribution in [0, 0.1) is 11.6 Å². The van der Waals surface area contributed by atoms with E-state index in [9.17, 15) is 31.5 Å². The second kappa shape index (κ2) is 10.8. The van der Waals surface area contributed by atoms with Crippen molar-refractivity contribution in [2.45, 2.75) is 11.7 Å². The molecule has 0 saturated carbocycles. The van der Waals surface area contributed by atoms with Crippen molar-refractivity contribution in [3.05, 3.63) is 70.5 Å². The molecule has 2 amide bonds. The predicted molar refractivity (Wildman–Crippen MR) is 126 cm³/mol. The monoisotopic (exact) mass is 547 g/mol. The largest absolute Gasteiger partial charge is 0.573 e. The number of hydrogen-bond acceptors (Lipinski definition) is 6. The van der Waals surface area contributed by atoms with Crippen LogP contribution in [0.2, 0.25) is 5.02 Å². The van der Waals surface area contributed by atoms with Crippen LogP contribution >= 0.6 is 11.6 Å². The molecule has 0 fully saturated rings. The van der Waals surface area contributed by atoms with Gasteiger partial charge in [0.2, 0.25) is 5.82 Å². The SMILES string of the molecule is [B]C([B])([B])Oc1c(Oc2ccc(Cl)c(F)c2C(=O)Nc2ccnc(C(N)=O)c2)ccc(OC(F)(F)F)c1F. The van der Waals surface area contributed by atoms with Crippen LogP contribution in [0.5, 0.6) is 23.0 Å². The lowest BCUT2D eigenvalue weighted by atomic mass is 9.52. The maximum absolute atomic E-state index is 15.0. The molecular formula is C21H10B3ClF5N3O5. The number of carbonyl (C=O) groups is 2. The second-order valence-corrected chi connectivity index (χ2v) is 7.70. The zero-order valence-electron chi connectivity index (χ0n) is 18.6. The number of pyridine rings is 1. The molecule has 0 aliphatic rings. The minimum absolute atomic E-state index is 0.0352. The number of halogens is 6. The highest BCUT2D eigenvalue weighted by molar-refractivity contribution is 6.58. The average Bonchev–Trinajstić information content (AvgIpc) is 2.79. The molecule has 0 atom stereocenters. The van der Waals surface area contributed by atoms with Crippen molar-refractivity contribution in [3.8, 4) is 23.0 Å². The van der Waals surface area contributed by atoms with Crippen LogP contribution in [0.1, 0.15) is 20.8 Å². The summed E-state index contributed by atoms with van der Waals surface area (Å²) in [4.78, 5) is 28.0. The van der Waals surface area contributed by atoms with Gasteiger partial charge in [-0.25, -0.2) is 4.39 Å². The first kappa shape index (κ1) is 28.6. The lowest BCUT2D eigenvalue weighted by Crippen LogP contribution is -2.38. The molecule has 8 nitrogen and oxygen atoms in total. The molecule has 3 aromatic rings. The van der Waals surface area contributed by atoms with Crippen molar-refractivity contribution in [2.24, 2.45) is 5.73 Å². The normalized spacial score (nSPS) is 11.5. The van der Waals surface area contributed by atoms with Crippen LogP contribution in [0.3, 0.4) is 0 Å². The zero-order chi connectivity index (χ0) is 28.4. The molecule has 6 radical (unpaired) electrons. The highest BCUT2D eigenvalue weighted by atomic mass is 35.5. The van der Waals surface area contributed by atoms with E-state index < -0.39 is 68.7 Å². The summed E-state index contributed by atoms with van der Waals surface area (Å²) in [5, 5.41) is -0.884. The van der Waals surface area contributed by atoms with E-state index in [1.54, 1.807) is 0 Å². The fourth-order valence-corrected chi connectivity index (χ4v) is 3.02. The maximum Gasteiger partial charge on any atom is 0.573 e. The Morgan fingerprint density at radius 3 is 2.18 bits per heavy atom. The van der Waals surface area contributed by atoms with Gasteiger partial charge in [0, 0.05) is 11.9 Å². The Balaban J connectivity index is 2.06. The third kappa shape index (κ3) is 7.09. The molecule has 2 aromatic carbocycles. The van der Waals surface area contributed by atoms with Crippen LogP contribution in [0.15, 0.2) is 42.6 Å². The van der Waals surface area contributed by atoms with Gasteiger partial charge in [0.05, 0.1) is 5.02 Å². The summed E-state index contributed by atoms with van der Waals surface area (Å²) in [6.45, 7) is 0. The highest BCUT2D eigenvalue weighted by Gasteiger charge is 2.34. The Kier molecular flexibility index (Phi) is 8.15. The van der Waals surface area contributed by atoms with Crippen molar-refractivity contribution < 1.29 is 45.8 Å². The molecule has 17 heteroatoms. The summed E-state index contributed by atoms with van der Waals surface area (Å²) in [5.41, 5.74) is 4.05. The lowest BCUT2D eigenvalue weighted by molar-refractivity contribution is -0.275. The summed E-state index contributed by atoms with van der Waals surface area (Å²) >= 11 is 5.79. The molecular weight excluding hydrogens is 537 g/mol. The van der Waals surface area contributed by atoms with Gasteiger partial charge in [-0.05, 0) is 41.7 Å². The van der Waals surface area contributed by atoms with E-state index in [0.717, 1.165) is 30.5 Å². The number of ether oxygens (including phenoxy) is 3. The quantitative estimate of drug-likeness (QED) is 0.330. The summed E-state index contributed by atoms with van der Waals surface area (Å²) < 4.78 is 81.5. The average molecular weight is 547 g/mol. The number of amides is 2. The minimum Gasteiger partial charge on any atom is -0.510 e. The number of benzene rings is 2. The van der Waals surface area contributed by atoms with E-state index in [2.05, 4.69) is 15.0 Å². The van der Waals surface area contributed by atoms with Gasteiger partial charge in [0.25, 0.3) is 11.8 Å². The van der Waals surface area contributed by atoms with Gasteiger partial charge in [-0.2, -0.15) is 4.39 Å². The first-order valence-corrected chi connectivity index (χ1v) is 10.3. The first-order valence-electron chi connectivity index (χ1n) is 9.92. The van der Waals surface area contributed by atoms with Gasteiger partial charge in [-0.1, -0.05) is 11.6 Å². The van der Waals surface area contributed by atoms with Gasteiger partial charge >= 0.3 is 6.36 Å². The standard InChI is InChI=1S/C21H10B3ClF5N3O5/c22-20(23,24)38-17-13(4-3-12(16(17)27)37-21(28,29)30)36-11-2-1-9(25)15(26)14(11)19(35)33-8-5-6-32-10(7-8)18(31)34/h1-7H,(H2,31,34)(H,32,33,35). The number of carbonyl (C=O) groups excluding carboxylic acids is 2. The smallest absolute Gasteiger partial charge is 0.510 e. The van der Waals surface area contributed by atoms with E-state index in [1.165, 1.54) is 6.07 Å². The van der Waals surface area contributed by atoms with Crippen molar-refractivity contribution in [3.63, 3.8) is 0 Å². The van der Waals surface area contributed by atoms with Gasteiger partial charge in [0.15, 0.2) is 23.1 Å². The molecule has 0 spiro atoms. The molecule has 0 unspecified atom stereocenters. The molecule has 3 N–H and O–H groups in total. The number of primary amides is 1. The summed E-state index contributed by atoms with van der Waals surface area (Å²) in [6, 6.07) is 5.53. The highest BCUT2D eigenvalue weighted by Crippen LogP contribution is 2.42. The third-order valence-electron chi connectivity index (χ3n) is 4.30. The number of alkyl halides is 3. The van der Waals surface area contributed by atoms with Gasteiger partial charge in [0.1, 0.15) is 40.5 Å². The van der Waals surface area contributed by atoms with E-state index >= 15 is 0 Å². The fraction of sp³-hybridized carbons (Fsp3) is 0.0952. The molecule has 1 heterocycles. The molecule has 0 bridgehead atoms. The maximum atomic E-state index is 15.0. The third-order valence-corrected chi connectivity index (χ3v) is 4.60. The van der Waals surface area contributed by atoms with E-state index in [0.29, 0.717) is 6.07 Å². The number of anilines is 1. The van der Waals surface area contributed by atoms with Crippen LogP contribution in [-0.2, 0) is 0 Å². The van der Waals surface area contributed by atoms with Gasteiger partial charge in [-0.3, -0.25) is 14.6 Å². The fourth-order valence-electron chi connectivity index (χ4n) is 2.86. The Morgan fingerprint density at radius 1 is 0.947 bits per heavy atom. The lowest BCUT2D eigenvalue weighted by Gasteiger charge is -2.26. The number of hydrogen-bond donors (Lipinski definition) is 2. The van der Waals surface area contributed by atoms with Crippen LogP contribution < -0.4 is 25.3 Å². The number of aromatic nitrogens is 1. The van der Waals surface area contributed by atoms with Crippen molar-refractivity contribution >= 4 is 52.6 Å². The number of rotatable bonds is 8. The molecule has 0 aliphatic heterocycles. The number of nitrogens with two attached hydrogens (primary N) is 1. The van der Waals surface area contributed by atoms with E-state index in [-0.39, 0.29) is 11.4 Å². The van der Waals surface area contributed by atoms with E-state index in [1.807, 2.05) is 0 Å². The van der Waals surface area contributed by atoms with E-state index in [4.69, 9.17) is 50.3 Å².